The fourth-order valence-electron chi connectivity index (χ4n) is 2.87. The molecule has 0 unspecified atom stereocenters. The molecule has 0 aliphatic carbocycles. The van der Waals surface area contributed by atoms with E-state index in [1.807, 2.05) is 13.8 Å². The molecule has 0 spiro atoms. The Balaban J connectivity index is 1.82. The molecule has 7 nitrogen and oxygen atoms in total. The number of ether oxygens (including phenoxy) is 2. The lowest BCUT2D eigenvalue weighted by Crippen LogP contribution is -2.41. The Labute approximate surface area is 185 Å². The molecule has 2 aromatic carbocycles. The van der Waals surface area contributed by atoms with Gasteiger partial charge in [0.05, 0.1) is 6.10 Å². The van der Waals surface area contributed by atoms with Crippen molar-refractivity contribution in [3.8, 4) is 17.2 Å². The number of amidine groups is 1. The van der Waals surface area contributed by atoms with Crippen molar-refractivity contribution >= 4 is 28.7 Å². The Kier molecular flexibility index (Phi) is 7.36. The van der Waals surface area contributed by atoms with Crippen molar-refractivity contribution in [2.24, 2.45) is 10.7 Å². The van der Waals surface area contributed by atoms with Gasteiger partial charge in [-0.15, -0.1) is 0 Å². The second kappa shape index (κ2) is 10.2. The van der Waals surface area contributed by atoms with E-state index in [-0.39, 0.29) is 22.7 Å². The van der Waals surface area contributed by atoms with Crippen LogP contribution in [0.2, 0.25) is 0 Å². The number of nitrogens with two attached hydrogens (primary N) is 1. The van der Waals surface area contributed by atoms with Crippen LogP contribution in [0.1, 0.15) is 41.0 Å². The van der Waals surface area contributed by atoms with Crippen molar-refractivity contribution < 1.29 is 19.1 Å². The van der Waals surface area contributed by atoms with Gasteiger partial charge < -0.3 is 20.1 Å². The summed E-state index contributed by atoms with van der Waals surface area (Å²) in [5.41, 5.74) is 6.60. The van der Waals surface area contributed by atoms with Gasteiger partial charge in [-0.3, -0.25) is 9.59 Å². The van der Waals surface area contributed by atoms with Crippen LogP contribution in [0, 0.1) is 0 Å². The summed E-state index contributed by atoms with van der Waals surface area (Å²) in [7, 11) is 0. The predicted molar refractivity (Wildman–Crippen MR) is 123 cm³/mol. The van der Waals surface area contributed by atoms with Gasteiger partial charge in [-0.05, 0) is 62.1 Å². The van der Waals surface area contributed by atoms with Crippen molar-refractivity contribution in [2.45, 2.75) is 26.4 Å². The highest BCUT2D eigenvalue weighted by Gasteiger charge is 2.21. The van der Waals surface area contributed by atoms with Crippen molar-refractivity contribution in [1.82, 2.24) is 4.90 Å². The topological polar surface area (TPSA) is 94.2 Å². The minimum Gasteiger partial charge on any atom is -0.491 e. The second-order valence-electron chi connectivity index (χ2n) is 7.17. The van der Waals surface area contributed by atoms with Crippen LogP contribution in [0.3, 0.4) is 0 Å². The van der Waals surface area contributed by atoms with Gasteiger partial charge in [-0.25, -0.2) is 0 Å². The van der Waals surface area contributed by atoms with Crippen LogP contribution in [-0.2, 0) is 0 Å². The monoisotopic (exact) mass is 439 g/mol. The Morgan fingerprint density at radius 3 is 2.35 bits per heavy atom. The van der Waals surface area contributed by atoms with E-state index in [1.165, 1.54) is 5.41 Å². The van der Waals surface area contributed by atoms with Gasteiger partial charge in [-0.2, -0.15) is 4.99 Å². The van der Waals surface area contributed by atoms with Crippen LogP contribution in [0.5, 0.6) is 17.2 Å². The molecule has 0 atom stereocenters. The SMILES string of the molecule is C=CSC(N)=NC(=O)c1cc(Oc2ccc(C(=O)N3CCC3)cc2)cc(OC(C)C)c1. The minimum atomic E-state index is -0.513. The normalized spacial score (nSPS) is 13.5. The summed E-state index contributed by atoms with van der Waals surface area (Å²) in [6, 6.07) is 11.8. The molecule has 2 amide bonds. The molecule has 1 fully saturated rings. The molecule has 1 heterocycles. The quantitative estimate of drug-likeness (QED) is 0.506. The third-order valence-corrected chi connectivity index (χ3v) is 4.89. The maximum absolute atomic E-state index is 12.5. The largest absolute Gasteiger partial charge is 0.491 e. The van der Waals surface area contributed by atoms with Crippen molar-refractivity contribution in [1.29, 1.82) is 0 Å². The van der Waals surface area contributed by atoms with Crippen molar-refractivity contribution in [2.75, 3.05) is 13.1 Å². The van der Waals surface area contributed by atoms with E-state index in [0.29, 0.717) is 22.8 Å². The minimum absolute atomic E-state index is 0.0193. The summed E-state index contributed by atoms with van der Waals surface area (Å²) in [5.74, 6) is 0.928. The van der Waals surface area contributed by atoms with E-state index in [9.17, 15) is 9.59 Å². The molecule has 8 heteroatoms. The first-order valence-corrected chi connectivity index (χ1v) is 10.8. The lowest BCUT2D eigenvalue weighted by Gasteiger charge is -2.30. The van der Waals surface area contributed by atoms with E-state index in [4.69, 9.17) is 15.2 Å². The zero-order chi connectivity index (χ0) is 22.4. The Bertz CT molecular complexity index is 998. The smallest absolute Gasteiger partial charge is 0.279 e. The number of benzene rings is 2. The maximum Gasteiger partial charge on any atom is 0.279 e. The molecule has 0 bridgehead atoms. The predicted octanol–water partition coefficient (Wildman–Crippen LogP) is 4.44. The van der Waals surface area contributed by atoms with Crippen LogP contribution >= 0.6 is 11.8 Å². The summed E-state index contributed by atoms with van der Waals surface area (Å²) in [4.78, 5) is 30.5. The zero-order valence-electron chi connectivity index (χ0n) is 17.5. The summed E-state index contributed by atoms with van der Waals surface area (Å²) in [5, 5.41) is 1.59. The maximum atomic E-state index is 12.5. The number of carbonyl (C=O) groups is 2. The highest BCUT2D eigenvalue weighted by Crippen LogP contribution is 2.29. The van der Waals surface area contributed by atoms with Gasteiger partial charge in [0.15, 0.2) is 5.17 Å². The Hall–Kier alpha value is -3.26. The molecule has 0 radical (unpaired) electrons. The number of thioether (sulfide) groups is 1. The van der Waals surface area contributed by atoms with Crippen LogP contribution < -0.4 is 15.2 Å². The molecular weight excluding hydrogens is 414 g/mol. The summed E-state index contributed by atoms with van der Waals surface area (Å²) in [6.45, 7) is 8.93. The molecule has 1 aliphatic rings. The summed E-state index contributed by atoms with van der Waals surface area (Å²) in [6.07, 6.45) is 0.958. The number of nitrogens with zero attached hydrogens (tertiary/aromatic N) is 2. The van der Waals surface area contributed by atoms with Crippen LogP contribution in [-0.4, -0.2) is 41.1 Å². The lowest BCUT2D eigenvalue weighted by atomic mass is 10.1. The van der Waals surface area contributed by atoms with Gasteiger partial charge in [0, 0.05) is 30.3 Å². The average molecular weight is 440 g/mol. The number of aliphatic imine (C=N–C) groups is 1. The van der Waals surface area contributed by atoms with Gasteiger partial charge in [0.2, 0.25) is 0 Å². The number of rotatable bonds is 7. The molecule has 162 valence electrons. The van der Waals surface area contributed by atoms with Gasteiger partial charge in [-0.1, -0.05) is 18.3 Å². The molecule has 3 rings (SSSR count). The number of hydrogen-bond acceptors (Lipinski definition) is 5. The van der Waals surface area contributed by atoms with E-state index in [2.05, 4.69) is 11.6 Å². The molecule has 1 aliphatic heterocycles. The van der Waals surface area contributed by atoms with E-state index < -0.39 is 5.91 Å². The standard InChI is InChI=1S/C23H25N3O4S/c1-4-31-23(24)25-21(27)17-12-19(29-15(2)3)14-20(13-17)30-18-8-6-16(7-9-18)22(28)26-10-5-11-26/h4,6-9,12-15H,1,5,10-11H2,2-3H3,(H2,24,25,27). The molecule has 2 N–H and O–H groups in total. The van der Waals surface area contributed by atoms with Crippen molar-refractivity contribution in [3.05, 3.63) is 65.6 Å². The number of carbonyl (C=O) groups excluding carboxylic acids is 2. The fourth-order valence-corrected chi connectivity index (χ4v) is 3.18. The van der Waals surface area contributed by atoms with E-state index in [0.717, 1.165) is 31.3 Å². The summed E-state index contributed by atoms with van der Waals surface area (Å²) >= 11 is 1.06. The second-order valence-corrected chi connectivity index (χ2v) is 8.16. The summed E-state index contributed by atoms with van der Waals surface area (Å²) < 4.78 is 11.7. The lowest BCUT2D eigenvalue weighted by molar-refractivity contribution is 0.0651. The van der Waals surface area contributed by atoms with Gasteiger partial charge in [0.25, 0.3) is 11.8 Å². The Morgan fingerprint density at radius 2 is 1.77 bits per heavy atom. The fraction of sp³-hybridized carbons (Fsp3) is 0.261. The van der Waals surface area contributed by atoms with Crippen LogP contribution in [0.25, 0.3) is 0 Å². The van der Waals surface area contributed by atoms with Crippen molar-refractivity contribution in [3.63, 3.8) is 0 Å². The number of likely N-dealkylation sites (tertiary alicyclic amines) is 1. The molecule has 1 saturated heterocycles. The zero-order valence-corrected chi connectivity index (χ0v) is 18.4. The van der Waals surface area contributed by atoms with Gasteiger partial charge >= 0.3 is 0 Å². The third kappa shape index (κ3) is 6.11. The third-order valence-electron chi connectivity index (χ3n) is 4.39. The van der Waals surface area contributed by atoms with E-state index in [1.54, 1.807) is 47.4 Å². The highest BCUT2D eigenvalue weighted by atomic mass is 32.2. The molecule has 31 heavy (non-hydrogen) atoms. The van der Waals surface area contributed by atoms with Crippen LogP contribution in [0.4, 0.5) is 0 Å². The first-order valence-electron chi connectivity index (χ1n) is 9.90. The van der Waals surface area contributed by atoms with E-state index >= 15 is 0 Å². The molecular formula is C23H25N3O4S. The van der Waals surface area contributed by atoms with Crippen LogP contribution in [0.15, 0.2) is 59.4 Å². The molecule has 2 aromatic rings. The number of hydrogen-bond donors (Lipinski definition) is 1. The highest BCUT2D eigenvalue weighted by molar-refractivity contribution is 8.16. The Morgan fingerprint density at radius 1 is 1.10 bits per heavy atom. The number of amides is 2. The van der Waals surface area contributed by atoms with Gasteiger partial charge in [0.1, 0.15) is 17.2 Å². The first kappa shape index (κ1) is 22.4. The molecule has 0 saturated carbocycles. The average Bonchev–Trinajstić information content (AvgIpc) is 2.66. The first-order chi connectivity index (χ1) is 14.9. The molecule has 0 aromatic heterocycles.